The number of benzene rings is 3. The highest BCUT2D eigenvalue weighted by molar-refractivity contribution is 5.97. The number of aromatic nitrogens is 2. The number of carbonyl (C=O) groups excluding carboxylic acids is 2. The van der Waals surface area contributed by atoms with E-state index >= 15 is 0 Å². The highest BCUT2D eigenvalue weighted by atomic mass is 19.1. The first-order chi connectivity index (χ1) is 19.5. The monoisotopic (exact) mass is 537 g/mol. The molecule has 1 fully saturated rings. The minimum atomic E-state index is -0.602. The van der Waals surface area contributed by atoms with Crippen molar-refractivity contribution in [1.82, 2.24) is 20.0 Å². The maximum Gasteiger partial charge on any atom is 0.257 e. The first kappa shape index (κ1) is 27.0. The smallest absolute Gasteiger partial charge is 0.257 e. The first-order valence-electron chi connectivity index (χ1n) is 13.5. The van der Waals surface area contributed by atoms with Gasteiger partial charge in [0.1, 0.15) is 12.4 Å². The average Bonchev–Trinajstić information content (AvgIpc) is 3.27. The number of amides is 2. The first-order valence-corrected chi connectivity index (χ1v) is 13.5. The summed E-state index contributed by atoms with van der Waals surface area (Å²) in [7, 11) is 0. The second kappa shape index (κ2) is 12.5. The number of carbonyl (C=O) groups is 2. The molecule has 1 aliphatic heterocycles. The van der Waals surface area contributed by atoms with Crippen molar-refractivity contribution in [3.8, 4) is 11.3 Å². The predicted octanol–water partition coefficient (Wildman–Crippen LogP) is 5.23. The summed E-state index contributed by atoms with van der Waals surface area (Å²) in [5.74, 6) is -0.508. The van der Waals surface area contributed by atoms with Crippen LogP contribution >= 0.6 is 0 Å². The third-order valence-corrected chi connectivity index (χ3v) is 7.31. The van der Waals surface area contributed by atoms with Gasteiger partial charge in [0.2, 0.25) is 5.91 Å². The largest absolute Gasteiger partial charge is 0.353 e. The Labute approximate surface area is 233 Å². The van der Waals surface area contributed by atoms with E-state index in [-0.39, 0.29) is 18.0 Å². The van der Waals surface area contributed by atoms with Crippen LogP contribution in [0.3, 0.4) is 0 Å². The fraction of sp³-hybridized carbons (Fsp3) is 0.250. The van der Waals surface area contributed by atoms with E-state index in [1.54, 1.807) is 17.0 Å². The van der Waals surface area contributed by atoms with Gasteiger partial charge in [0, 0.05) is 31.7 Å². The lowest BCUT2D eigenvalue weighted by molar-refractivity contribution is -0.132. The van der Waals surface area contributed by atoms with Crippen LogP contribution in [-0.2, 0) is 4.79 Å². The third kappa shape index (κ3) is 6.17. The molecule has 1 aliphatic rings. The van der Waals surface area contributed by atoms with Crippen molar-refractivity contribution >= 4 is 17.6 Å². The quantitative estimate of drug-likeness (QED) is 0.323. The third-order valence-electron chi connectivity index (χ3n) is 7.31. The van der Waals surface area contributed by atoms with Gasteiger partial charge in [0.25, 0.3) is 5.91 Å². The van der Waals surface area contributed by atoms with Crippen LogP contribution < -0.4 is 4.90 Å². The van der Waals surface area contributed by atoms with E-state index in [2.05, 4.69) is 15.1 Å². The molecule has 1 unspecified atom stereocenters. The van der Waals surface area contributed by atoms with Crippen molar-refractivity contribution in [2.45, 2.75) is 19.4 Å². The van der Waals surface area contributed by atoms with Crippen molar-refractivity contribution < 1.29 is 14.0 Å². The highest BCUT2D eigenvalue weighted by Gasteiger charge is 2.29. The topological polar surface area (TPSA) is 69.6 Å². The van der Waals surface area contributed by atoms with Crippen molar-refractivity contribution in [3.05, 3.63) is 114 Å². The maximum atomic E-state index is 14.6. The maximum absolute atomic E-state index is 14.6. The molecule has 0 aliphatic carbocycles. The van der Waals surface area contributed by atoms with Gasteiger partial charge in [-0.2, -0.15) is 0 Å². The molecule has 0 spiro atoms. The van der Waals surface area contributed by atoms with Crippen molar-refractivity contribution in [3.63, 3.8) is 0 Å². The van der Waals surface area contributed by atoms with E-state index in [1.165, 1.54) is 17.0 Å². The zero-order chi connectivity index (χ0) is 27.9. The standard InChI is InChI=1S/C32H32FN5O2/c1-24(25-11-4-2-5-12-25)38(32(40)27-15-8-9-16-28(27)33)23-31(39)37-20-10-19-36(21-22-37)30-18-17-29(34-35-30)26-13-6-3-7-14-26/h2-9,11-18,24H,10,19-23H2,1H3. The van der Waals surface area contributed by atoms with Crippen LogP contribution in [0.4, 0.5) is 10.2 Å². The van der Waals surface area contributed by atoms with Gasteiger partial charge in [-0.3, -0.25) is 9.59 Å². The summed E-state index contributed by atoms with van der Waals surface area (Å²) in [6, 6.07) is 28.8. The van der Waals surface area contributed by atoms with Gasteiger partial charge in [0.15, 0.2) is 5.82 Å². The molecule has 0 saturated carbocycles. The van der Waals surface area contributed by atoms with Gasteiger partial charge >= 0.3 is 0 Å². The van der Waals surface area contributed by atoms with Crippen molar-refractivity contribution in [2.75, 3.05) is 37.6 Å². The molecule has 1 atom stereocenters. The van der Waals surface area contributed by atoms with Gasteiger partial charge in [-0.15, -0.1) is 10.2 Å². The Morgan fingerprint density at radius 2 is 1.52 bits per heavy atom. The van der Waals surface area contributed by atoms with Crippen LogP contribution in [0.15, 0.2) is 97.1 Å². The van der Waals surface area contributed by atoms with Crippen LogP contribution in [0.5, 0.6) is 0 Å². The van der Waals surface area contributed by atoms with Crippen LogP contribution in [-0.4, -0.2) is 64.5 Å². The molecule has 8 heteroatoms. The molecule has 204 valence electrons. The van der Waals surface area contributed by atoms with Crippen molar-refractivity contribution in [1.29, 1.82) is 0 Å². The Morgan fingerprint density at radius 3 is 2.23 bits per heavy atom. The zero-order valence-corrected chi connectivity index (χ0v) is 22.5. The van der Waals surface area contributed by atoms with Crippen LogP contribution in [0.25, 0.3) is 11.3 Å². The molecule has 4 aromatic rings. The number of anilines is 1. The fourth-order valence-corrected chi connectivity index (χ4v) is 4.98. The molecule has 40 heavy (non-hydrogen) atoms. The molecule has 1 saturated heterocycles. The summed E-state index contributed by atoms with van der Waals surface area (Å²) in [4.78, 5) is 32.5. The number of nitrogens with zero attached hydrogens (tertiary/aromatic N) is 5. The van der Waals surface area contributed by atoms with Crippen LogP contribution in [0.2, 0.25) is 0 Å². The average molecular weight is 538 g/mol. The highest BCUT2D eigenvalue weighted by Crippen LogP contribution is 2.24. The second-order valence-corrected chi connectivity index (χ2v) is 9.86. The lowest BCUT2D eigenvalue weighted by Gasteiger charge is -2.32. The van der Waals surface area contributed by atoms with Gasteiger partial charge in [0.05, 0.1) is 17.3 Å². The Morgan fingerprint density at radius 1 is 0.825 bits per heavy atom. The Hall–Kier alpha value is -4.59. The summed E-state index contributed by atoms with van der Waals surface area (Å²) in [5, 5.41) is 8.85. The van der Waals surface area contributed by atoms with Crippen molar-refractivity contribution in [2.24, 2.45) is 0 Å². The molecule has 0 N–H and O–H groups in total. The summed E-state index contributed by atoms with van der Waals surface area (Å²) >= 11 is 0. The molecular formula is C32H32FN5O2. The minimum Gasteiger partial charge on any atom is -0.353 e. The van der Waals surface area contributed by atoms with E-state index in [1.807, 2.05) is 79.7 Å². The van der Waals surface area contributed by atoms with Gasteiger partial charge < -0.3 is 14.7 Å². The summed E-state index contributed by atoms with van der Waals surface area (Å²) in [5.41, 5.74) is 2.65. The van der Waals surface area contributed by atoms with E-state index < -0.39 is 17.8 Å². The number of hydrogen-bond donors (Lipinski definition) is 0. The molecule has 3 aromatic carbocycles. The Kier molecular flexibility index (Phi) is 8.44. The van der Waals surface area contributed by atoms with E-state index in [4.69, 9.17) is 0 Å². The van der Waals surface area contributed by atoms with E-state index in [0.717, 1.165) is 35.6 Å². The molecule has 0 radical (unpaired) electrons. The normalized spacial score (nSPS) is 14.3. The SMILES string of the molecule is CC(c1ccccc1)N(CC(=O)N1CCCN(c2ccc(-c3ccccc3)nn2)CC1)C(=O)c1ccccc1F. The molecule has 2 heterocycles. The van der Waals surface area contributed by atoms with E-state index in [0.29, 0.717) is 19.6 Å². The molecule has 1 aromatic heterocycles. The second-order valence-electron chi connectivity index (χ2n) is 9.86. The predicted molar refractivity (Wildman–Crippen MR) is 153 cm³/mol. The van der Waals surface area contributed by atoms with Crippen LogP contribution in [0.1, 0.15) is 35.3 Å². The lowest BCUT2D eigenvalue weighted by atomic mass is 10.0. The lowest BCUT2D eigenvalue weighted by Crippen LogP contribution is -2.45. The summed E-state index contributed by atoms with van der Waals surface area (Å²) in [6.45, 7) is 4.11. The summed E-state index contributed by atoms with van der Waals surface area (Å²) in [6.07, 6.45) is 0.753. The van der Waals surface area contributed by atoms with Crippen LogP contribution in [0, 0.1) is 5.82 Å². The molecular weight excluding hydrogens is 505 g/mol. The molecule has 7 nitrogen and oxygen atoms in total. The molecule has 2 amide bonds. The Balaban J connectivity index is 1.28. The molecule has 0 bridgehead atoms. The molecule has 5 rings (SSSR count). The van der Waals surface area contributed by atoms with E-state index in [9.17, 15) is 14.0 Å². The number of rotatable bonds is 7. The van der Waals surface area contributed by atoms with Gasteiger partial charge in [-0.05, 0) is 43.2 Å². The minimum absolute atomic E-state index is 0.0438. The van der Waals surface area contributed by atoms with Gasteiger partial charge in [-0.25, -0.2) is 4.39 Å². The van der Waals surface area contributed by atoms with Gasteiger partial charge in [-0.1, -0.05) is 72.8 Å². The number of hydrogen-bond acceptors (Lipinski definition) is 5. The fourth-order valence-electron chi connectivity index (χ4n) is 4.98. The number of halogens is 1. The Bertz CT molecular complexity index is 1430. The zero-order valence-electron chi connectivity index (χ0n) is 22.5. The summed E-state index contributed by atoms with van der Waals surface area (Å²) < 4.78 is 14.6.